The van der Waals surface area contributed by atoms with Crippen molar-refractivity contribution in [2.75, 3.05) is 5.73 Å². The van der Waals surface area contributed by atoms with E-state index in [0.717, 1.165) is 12.8 Å². The van der Waals surface area contributed by atoms with E-state index in [0.29, 0.717) is 12.8 Å². The zero-order chi connectivity index (χ0) is 17.3. The van der Waals surface area contributed by atoms with Crippen LogP contribution in [0, 0.1) is 24.7 Å². The predicted octanol–water partition coefficient (Wildman–Crippen LogP) is 0.193. The molecule has 0 bridgehead atoms. The fraction of sp³-hybridized carbons (Fsp3) is 0.438. The summed E-state index contributed by atoms with van der Waals surface area (Å²) in [5.74, 6) is 4.88. The van der Waals surface area contributed by atoms with Gasteiger partial charge in [-0.25, -0.2) is 9.36 Å². The van der Waals surface area contributed by atoms with Crippen LogP contribution in [0.1, 0.15) is 31.9 Å². The number of hydrogen-bond donors (Lipinski definition) is 2. The number of H-pyrrole nitrogens is 1. The minimum atomic E-state index is -0.518. The highest BCUT2D eigenvalue weighted by molar-refractivity contribution is 5.71. The van der Waals surface area contributed by atoms with E-state index < -0.39 is 17.5 Å². The van der Waals surface area contributed by atoms with Gasteiger partial charge in [0.05, 0.1) is 12.6 Å². The first kappa shape index (κ1) is 15.9. The number of nitrogens with two attached hydrogens (primary N) is 1. The molecular formula is C16H17N5O3. The molecule has 3 heterocycles. The minimum absolute atomic E-state index is 0.0247. The number of aromatic amines is 1. The van der Waals surface area contributed by atoms with E-state index in [9.17, 15) is 9.59 Å². The topological polar surface area (TPSA) is 108 Å². The van der Waals surface area contributed by atoms with Gasteiger partial charge in [0.1, 0.15) is 6.23 Å². The molecule has 0 aliphatic carbocycles. The molecule has 8 nitrogen and oxygen atoms in total. The van der Waals surface area contributed by atoms with Crippen LogP contribution in [-0.2, 0) is 11.3 Å². The van der Waals surface area contributed by atoms with Gasteiger partial charge in [0.15, 0.2) is 11.2 Å². The van der Waals surface area contributed by atoms with Crippen LogP contribution in [0.2, 0.25) is 0 Å². The molecule has 1 saturated heterocycles. The lowest BCUT2D eigenvalue weighted by Crippen LogP contribution is -2.28. The fourth-order valence-corrected chi connectivity index (χ4v) is 3.03. The maximum atomic E-state index is 12.7. The van der Waals surface area contributed by atoms with Gasteiger partial charge in [-0.05, 0) is 19.3 Å². The van der Waals surface area contributed by atoms with Crippen molar-refractivity contribution in [2.24, 2.45) is 0 Å². The van der Waals surface area contributed by atoms with E-state index in [1.165, 1.54) is 9.13 Å². The Bertz CT molecular complexity index is 969. The number of rotatable bonds is 4. The average molecular weight is 327 g/mol. The Morgan fingerprint density at radius 1 is 1.33 bits per heavy atom. The smallest absolute Gasteiger partial charge is 0.333 e. The Morgan fingerprint density at radius 2 is 2.12 bits per heavy atom. The zero-order valence-electron chi connectivity index (χ0n) is 13.0. The van der Waals surface area contributed by atoms with Gasteiger partial charge in [0.2, 0.25) is 5.95 Å². The van der Waals surface area contributed by atoms with Crippen molar-refractivity contribution in [2.45, 2.75) is 44.6 Å². The Hall–Kier alpha value is -2.97. The molecule has 24 heavy (non-hydrogen) atoms. The number of hydrogen-bond acceptors (Lipinski definition) is 5. The highest BCUT2D eigenvalue weighted by Gasteiger charge is 2.31. The molecule has 8 heteroatoms. The molecule has 0 saturated carbocycles. The normalized spacial score (nSPS) is 20.1. The van der Waals surface area contributed by atoms with Crippen molar-refractivity contribution in [3.05, 3.63) is 20.8 Å². The summed E-state index contributed by atoms with van der Waals surface area (Å²) in [6, 6.07) is 0. The van der Waals surface area contributed by atoms with Crippen molar-refractivity contribution < 1.29 is 4.74 Å². The number of fused-ring (bicyclic) bond motifs is 1. The molecule has 1 aliphatic heterocycles. The van der Waals surface area contributed by atoms with E-state index >= 15 is 0 Å². The number of nitrogen functional groups attached to an aromatic ring is 1. The minimum Gasteiger partial charge on any atom is -0.369 e. The first-order valence-electron chi connectivity index (χ1n) is 7.59. The van der Waals surface area contributed by atoms with Crippen molar-refractivity contribution in [3.63, 3.8) is 0 Å². The van der Waals surface area contributed by atoms with Crippen LogP contribution < -0.4 is 17.0 Å². The molecule has 124 valence electrons. The second-order valence-electron chi connectivity index (χ2n) is 5.60. The number of imidazole rings is 1. The summed E-state index contributed by atoms with van der Waals surface area (Å²) in [4.78, 5) is 31.4. The van der Waals surface area contributed by atoms with E-state index in [-0.39, 0.29) is 29.8 Å². The van der Waals surface area contributed by atoms with Gasteiger partial charge >= 0.3 is 5.69 Å². The maximum absolute atomic E-state index is 12.7. The summed E-state index contributed by atoms with van der Waals surface area (Å²) in [6.45, 7) is -0.0374. The van der Waals surface area contributed by atoms with Gasteiger partial charge in [0.25, 0.3) is 5.56 Å². The van der Waals surface area contributed by atoms with Crippen LogP contribution >= 0.6 is 0 Å². The first-order chi connectivity index (χ1) is 11.6. The Kier molecular flexibility index (Phi) is 4.15. The highest BCUT2D eigenvalue weighted by Crippen LogP contribution is 2.31. The van der Waals surface area contributed by atoms with Crippen LogP contribution in [0.4, 0.5) is 5.95 Å². The molecule has 1 unspecified atom stereocenters. The van der Waals surface area contributed by atoms with E-state index in [2.05, 4.69) is 21.8 Å². The summed E-state index contributed by atoms with van der Waals surface area (Å²) in [7, 11) is 0. The Morgan fingerprint density at radius 3 is 2.83 bits per heavy atom. The second-order valence-corrected chi connectivity index (χ2v) is 5.60. The van der Waals surface area contributed by atoms with Gasteiger partial charge in [0, 0.05) is 6.42 Å². The maximum Gasteiger partial charge on any atom is 0.333 e. The molecule has 3 rings (SSSR count). The number of ether oxygens (including phenoxy) is 1. The molecular weight excluding hydrogens is 310 g/mol. The van der Waals surface area contributed by atoms with Crippen LogP contribution in [0.25, 0.3) is 11.2 Å². The molecule has 2 aromatic heterocycles. The van der Waals surface area contributed by atoms with Crippen LogP contribution in [0.5, 0.6) is 0 Å². The van der Waals surface area contributed by atoms with E-state index in [1.54, 1.807) is 0 Å². The molecule has 1 fully saturated rings. The van der Waals surface area contributed by atoms with Gasteiger partial charge < -0.3 is 10.5 Å². The average Bonchev–Trinajstić information content (AvgIpc) is 3.09. The SMILES string of the molecule is C#CCCC1CC[C@H](n2c(=O)n(CC#C)c3c(=O)[nH]c(N)nc32)O1. The Labute approximate surface area is 137 Å². The summed E-state index contributed by atoms with van der Waals surface area (Å²) in [5, 5.41) is 0. The molecule has 0 radical (unpaired) electrons. The quantitative estimate of drug-likeness (QED) is 0.780. The van der Waals surface area contributed by atoms with Gasteiger partial charge in [-0.1, -0.05) is 5.92 Å². The predicted molar refractivity (Wildman–Crippen MR) is 89.1 cm³/mol. The molecule has 1 aliphatic rings. The lowest BCUT2D eigenvalue weighted by molar-refractivity contribution is -0.000672. The highest BCUT2D eigenvalue weighted by atomic mass is 16.5. The van der Waals surface area contributed by atoms with Crippen molar-refractivity contribution in [1.29, 1.82) is 0 Å². The lowest BCUT2D eigenvalue weighted by atomic mass is 10.1. The van der Waals surface area contributed by atoms with E-state index in [1.807, 2.05) is 0 Å². The van der Waals surface area contributed by atoms with Crippen molar-refractivity contribution in [1.82, 2.24) is 19.1 Å². The summed E-state index contributed by atoms with van der Waals surface area (Å²) in [6.07, 6.45) is 12.8. The van der Waals surface area contributed by atoms with Crippen LogP contribution in [0.15, 0.2) is 9.59 Å². The Balaban J connectivity index is 2.11. The molecule has 0 spiro atoms. The fourth-order valence-electron chi connectivity index (χ4n) is 3.03. The number of nitrogens with one attached hydrogen (secondary N) is 1. The molecule has 0 aromatic carbocycles. The third kappa shape index (κ3) is 2.57. The molecule has 3 N–H and O–H groups in total. The number of aromatic nitrogens is 4. The summed E-state index contributed by atoms with van der Waals surface area (Å²) in [5.41, 5.74) is 4.96. The largest absolute Gasteiger partial charge is 0.369 e. The van der Waals surface area contributed by atoms with Crippen molar-refractivity contribution >= 4 is 17.1 Å². The molecule has 2 atom stereocenters. The van der Waals surface area contributed by atoms with Gasteiger partial charge in [-0.3, -0.25) is 14.3 Å². The van der Waals surface area contributed by atoms with Crippen molar-refractivity contribution in [3.8, 4) is 24.7 Å². The van der Waals surface area contributed by atoms with Gasteiger partial charge in [-0.2, -0.15) is 4.98 Å². The number of anilines is 1. The van der Waals surface area contributed by atoms with E-state index in [4.69, 9.17) is 23.3 Å². The third-order valence-electron chi connectivity index (χ3n) is 4.06. The third-order valence-corrected chi connectivity index (χ3v) is 4.06. The second kappa shape index (κ2) is 6.26. The summed E-state index contributed by atoms with van der Waals surface area (Å²) >= 11 is 0. The van der Waals surface area contributed by atoms with Crippen LogP contribution in [-0.4, -0.2) is 25.2 Å². The monoisotopic (exact) mass is 327 g/mol. The van der Waals surface area contributed by atoms with Crippen LogP contribution in [0.3, 0.4) is 0 Å². The molecule has 0 amide bonds. The molecule has 2 aromatic rings. The lowest BCUT2D eigenvalue weighted by Gasteiger charge is -2.14. The number of nitrogens with zero attached hydrogens (tertiary/aromatic N) is 3. The summed E-state index contributed by atoms with van der Waals surface area (Å²) < 4.78 is 8.48. The van der Waals surface area contributed by atoms with Gasteiger partial charge in [-0.15, -0.1) is 18.8 Å². The zero-order valence-corrected chi connectivity index (χ0v) is 13.0. The first-order valence-corrected chi connectivity index (χ1v) is 7.59. The number of terminal acetylenes is 2. The standard InChI is InChI=1S/C16H17N5O3/c1-3-5-6-10-7-8-11(24-10)21-13-12(14(22)19-15(17)18-13)20(9-4-2)16(21)23/h1-2,10-11H,5-9H2,(H3,17,18,19,22)/t10?,11-/m1/s1.